The molecule has 0 radical (unpaired) electrons. The molecule has 2 aromatic heterocycles. The van der Waals surface area contributed by atoms with Gasteiger partial charge in [0.25, 0.3) is 0 Å². The van der Waals surface area contributed by atoms with Gasteiger partial charge in [-0.2, -0.15) is 13.2 Å². The Kier molecular flexibility index (Phi) is 4.73. The summed E-state index contributed by atoms with van der Waals surface area (Å²) >= 11 is 0. The highest BCUT2D eigenvalue weighted by Gasteiger charge is 2.57. The molecule has 2 N–H and O–H groups in total. The van der Waals surface area contributed by atoms with Crippen LogP contribution >= 0.6 is 0 Å². The number of imidazole rings is 1. The molecule has 0 amide bonds. The van der Waals surface area contributed by atoms with E-state index in [0.29, 0.717) is 0 Å². The van der Waals surface area contributed by atoms with Crippen LogP contribution in [-0.2, 0) is 12.6 Å². The topological polar surface area (TPSA) is 106 Å². The smallest absolute Gasteiger partial charge is 0.374 e. The van der Waals surface area contributed by atoms with Crippen LogP contribution in [0, 0.1) is 10.1 Å². The number of rotatable bonds is 6. The summed E-state index contributed by atoms with van der Waals surface area (Å²) in [4.78, 5) is 17.4. The van der Waals surface area contributed by atoms with Gasteiger partial charge in [-0.05, 0) is 6.07 Å². The molecule has 0 saturated carbocycles. The fourth-order valence-corrected chi connectivity index (χ4v) is 2.19. The van der Waals surface area contributed by atoms with Crippen LogP contribution in [0.15, 0.2) is 30.7 Å². The Morgan fingerprint density at radius 3 is 2.62 bits per heavy atom. The molecular formula is C13H14F3N5O3. The van der Waals surface area contributed by atoms with E-state index in [1.165, 1.54) is 31.6 Å². The highest BCUT2D eigenvalue weighted by molar-refractivity contribution is 5.54. The molecule has 0 bridgehead atoms. The first-order chi connectivity index (χ1) is 11.2. The molecule has 0 spiro atoms. The SMILES string of the molecule is Cn1ccnc1C(O)(CCNc1ncccc1[N+](=O)[O-])C(F)(F)F. The largest absolute Gasteiger partial charge is 0.424 e. The van der Waals surface area contributed by atoms with E-state index in [9.17, 15) is 28.4 Å². The summed E-state index contributed by atoms with van der Waals surface area (Å²) in [7, 11) is 1.33. The molecule has 2 rings (SSSR count). The summed E-state index contributed by atoms with van der Waals surface area (Å²) in [5.74, 6) is -0.737. The number of nitro groups is 1. The number of nitrogens with zero attached hydrogens (tertiary/aromatic N) is 4. The van der Waals surface area contributed by atoms with Crippen molar-refractivity contribution >= 4 is 11.5 Å². The fourth-order valence-electron chi connectivity index (χ4n) is 2.19. The van der Waals surface area contributed by atoms with Crippen LogP contribution in [0.3, 0.4) is 0 Å². The zero-order valence-corrected chi connectivity index (χ0v) is 12.5. The highest BCUT2D eigenvalue weighted by Crippen LogP contribution is 2.40. The molecule has 1 unspecified atom stereocenters. The van der Waals surface area contributed by atoms with Crippen LogP contribution in [0.2, 0.25) is 0 Å². The van der Waals surface area contributed by atoms with E-state index in [4.69, 9.17) is 0 Å². The lowest BCUT2D eigenvalue weighted by atomic mass is 9.97. The normalized spacial score (nSPS) is 14.2. The van der Waals surface area contributed by atoms with Crippen molar-refractivity contribution in [3.05, 3.63) is 46.7 Å². The summed E-state index contributed by atoms with van der Waals surface area (Å²) in [6.45, 7) is -0.402. The van der Waals surface area contributed by atoms with E-state index in [0.717, 1.165) is 10.8 Å². The Morgan fingerprint density at radius 1 is 1.38 bits per heavy atom. The van der Waals surface area contributed by atoms with E-state index < -0.39 is 35.5 Å². The van der Waals surface area contributed by atoms with Gasteiger partial charge in [0, 0.05) is 44.7 Å². The third-order valence-electron chi connectivity index (χ3n) is 3.42. The van der Waals surface area contributed by atoms with E-state index in [2.05, 4.69) is 15.3 Å². The van der Waals surface area contributed by atoms with Gasteiger partial charge in [0.15, 0.2) is 0 Å². The predicted molar refractivity (Wildman–Crippen MR) is 77.2 cm³/mol. The average molecular weight is 345 g/mol. The Hall–Kier alpha value is -2.69. The zero-order valence-electron chi connectivity index (χ0n) is 12.5. The predicted octanol–water partition coefficient (Wildman–Crippen LogP) is 1.98. The van der Waals surface area contributed by atoms with Crippen LogP contribution in [0.25, 0.3) is 0 Å². The number of pyridine rings is 1. The van der Waals surface area contributed by atoms with Gasteiger partial charge >= 0.3 is 11.9 Å². The van der Waals surface area contributed by atoms with Crippen molar-refractivity contribution in [2.75, 3.05) is 11.9 Å². The molecule has 0 aromatic carbocycles. The van der Waals surface area contributed by atoms with E-state index in [1.807, 2.05) is 0 Å². The van der Waals surface area contributed by atoms with Gasteiger partial charge in [0.05, 0.1) is 4.92 Å². The maximum atomic E-state index is 13.3. The quantitative estimate of drug-likeness (QED) is 0.612. The third kappa shape index (κ3) is 3.30. The lowest BCUT2D eigenvalue weighted by Crippen LogP contribution is -2.45. The Bertz CT molecular complexity index is 734. The summed E-state index contributed by atoms with van der Waals surface area (Å²) < 4.78 is 41.0. The van der Waals surface area contributed by atoms with Crippen LogP contribution in [0.4, 0.5) is 24.7 Å². The zero-order chi connectivity index (χ0) is 18.0. The molecule has 8 nitrogen and oxygen atoms in total. The lowest BCUT2D eigenvalue weighted by molar-refractivity contribution is -0.384. The van der Waals surface area contributed by atoms with Gasteiger partial charge in [0.2, 0.25) is 11.4 Å². The lowest BCUT2D eigenvalue weighted by Gasteiger charge is -2.30. The number of hydrogen-bond donors (Lipinski definition) is 2. The van der Waals surface area contributed by atoms with Crippen molar-refractivity contribution < 1.29 is 23.2 Å². The maximum absolute atomic E-state index is 13.3. The second kappa shape index (κ2) is 6.43. The van der Waals surface area contributed by atoms with Crippen molar-refractivity contribution in [1.29, 1.82) is 0 Å². The minimum Gasteiger partial charge on any atom is -0.374 e. The van der Waals surface area contributed by atoms with Crippen LogP contribution in [0.1, 0.15) is 12.2 Å². The molecule has 130 valence electrons. The third-order valence-corrected chi connectivity index (χ3v) is 3.42. The Labute approximate surface area is 134 Å². The standard InChI is InChI=1S/C13H14F3N5O3/c1-20-8-7-19-11(20)12(22,13(14,15)16)4-6-18-10-9(21(23)24)3-2-5-17-10/h2-3,5,7-8,22H,4,6H2,1H3,(H,17,18). The van der Waals surface area contributed by atoms with Crippen LogP contribution in [0.5, 0.6) is 0 Å². The number of halogens is 3. The van der Waals surface area contributed by atoms with Crippen LogP contribution < -0.4 is 5.32 Å². The van der Waals surface area contributed by atoms with Crippen molar-refractivity contribution in [3.8, 4) is 0 Å². The van der Waals surface area contributed by atoms with Crippen molar-refractivity contribution in [2.24, 2.45) is 7.05 Å². The molecule has 11 heteroatoms. The van der Waals surface area contributed by atoms with Gasteiger partial charge in [0.1, 0.15) is 5.82 Å². The van der Waals surface area contributed by atoms with Crippen molar-refractivity contribution in [1.82, 2.24) is 14.5 Å². The second-order valence-electron chi connectivity index (χ2n) is 5.02. The first-order valence-corrected chi connectivity index (χ1v) is 6.77. The summed E-state index contributed by atoms with van der Waals surface area (Å²) in [5, 5.41) is 23.5. The minimum atomic E-state index is -4.97. The Morgan fingerprint density at radius 2 is 2.08 bits per heavy atom. The number of alkyl halides is 3. The van der Waals surface area contributed by atoms with Gasteiger partial charge in [-0.15, -0.1) is 0 Å². The summed E-state index contributed by atoms with van der Waals surface area (Å²) in [6.07, 6.45) is -2.07. The monoisotopic (exact) mass is 345 g/mol. The highest BCUT2D eigenvalue weighted by atomic mass is 19.4. The van der Waals surface area contributed by atoms with Gasteiger partial charge in [-0.25, -0.2) is 9.97 Å². The van der Waals surface area contributed by atoms with E-state index >= 15 is 0 Å². The van der Waals surface area contributed by atoms with Crippen molar-refractivity contribution in [2.45, 2.75) is 18.2 Å². The van der Waals surface area contributed by atoms with Gasteiger partial charge in [-0.1, -0.05) is 0 Å². The minimum absolute atomic E-state index is 0.174. The van der Waals surface area contributed by atoms with Gasteiger partial charge < -0.3 is 15.0 Å². The molecule has 1 atom stereocenters. The average Bonchev–Trinajstić information content (AvgIpc) is 2.93. The molecule has 0 saturated heterocycles. The first-order valence-electron chi connectivity index (χ1n) is 6.77. The van der Waals surface area contributed by atoms with E-state index in [1.54, 1.807) is 0 Å². The number of aliphatic hydroxyl groups is 1. The summed E-state index contributed by atoms with van der Waals surface area (Å²) in [5.41, 5.74) is -3.56. The molecule has 0 aliphatic rings. The fraction of sp³-hybridized carbons (Fsp3) is 0.385. The number of anilines is 1. The summed E-state index contributed by atoms with van der Waals surface area (Å²) in [6, 6.07) is 2.51. The first kappa shape index (κ1) is 17.7. The number of aryl methyl sites for hydroxylation is 1. The number of nitrogens with one attached hydrogen (secondary N) is 1. The van der Waals surface area contributed by atoms with Crippen LogP contribution in [-0.4, -0.2) is 37.3 Å². The van der Waals surface area contributed by atoms with Gasteiger partial charge in [-0.3, -0.25) is 10.1 Å². The molecule has 2 aromatic rings. The maximum Gasteiger partial charge on any atom is 0.424 e. The number of aromatic nitrogens is 3. The molecule has 2 heterocycles. The van der Waals surface area contributed by atoms with E-state index in [-0.39, 0.29) is 11.5 Å². The second-order valence-corrected chi connectivity index (χ2v) is 5.02. The molecule has 0 aliphatic carbocycles. The molecule has 0 aliphatic heterocycles. The number of hydrogen-bond acceptors (Lipinski definition) is 6. The van der Waals surface area contributed by atoms with Crippen molar-refractivity contribution in [3.63, 3.8) is 0 Å². The molecular weight excluding hydrogens is 331 g/mol. The Balaban J connectivity index is 2.19. The molecule has 24 heavy (non-hydrogen) atoms. The molecule has 0 fully saturated rings.